The molecule has 3 aliphatic rings. The summed E-state index contributed by atoms with van der Waals surface area (Å²) in [6.07, 6.45) is 3.61. The molecule has 0 bridgehead atoms. The molecular formula is C16H23N5OS. The number of nitrogens with zero attached hydrogens (tertiary/aromatic N) is 4. The Balaban J connectivity index is 1.63. The zero-order chi connectivity index (χ0) is 15.8. The van der Waals surface area contributed by atoms with Gasteiger partial charge in [-0.3, -0.25) is 9.69 Å². The van der Waals surface area contributed by atoms with Crippen molar-refractivity contribution in [3.05, 3.63) is 17.5 Å². The van der Waals surface area contributed by atoms with Crippen molar-refractivity contribution >= 4 is 23.6 Å². The first-order valence-corrected chi connectivity index (χ1v) is 9.62. The third kappa shape index (κ3) is 2.92. The number of anilines is 1. The van der Waals surface area contributed by atoms with Gasteiger partial charge in [0.2, 0.25) is 11.9 Å². The van der Waals surface area contributed by atoms with Crippen molar-refractivity contribution in [3.63, 3.8) is 0 Å². The molecule has 4 rings (SSSR count). The number of thioether (sulfide) groups is 1. The standard InChI is InChI=1S/C16H23N5OS/c1-11-9-12(18-16(17-11)20-5-3-2-4-6-20)14-19-15(22)13-10-23-8-7-21(13)14/h9,13-14H,2-8,10H2,1H3,(H,19,22). The van der Waals surface area contributed by atoms with E-state index in [4.69, 9.17) is 4.98 Å². The molecule has 3 saturated heterocycles. The summed E-state index contributed by atoms with van der Waals surface area (Å²) in [5.41, 5.74) is 1.90. The summed E-state index contributed by atoms with van der Waals surface area (Å²) in [5.74, 6) is 2.91. The van der Waals surface area contributed by atoms with Gasteiger partial charge in [-0.15, -0.1) is 0 Å². The lowest BCUT2D eigenvalue weighted by molar-refractivity contribution is -0.121. The minimum absolute atomic E-state index is 0.00698. The van der Waals surface area contributed by atoms with Crippen molar-refractivity contribution in [2.24, 2.45) is 0 Å². The highest BCUT2D eigenvalue weighted by Gasteiger charge is 2.42. The SMILES string of the molecule is Cc1cc(C2NC(=O)C3CSCCN32)nc(N2CCCCC2)n1. The minimum Gasteiger partial charge on any atom is -0.341 e. The average molecular weight is 333 g/mol. The average Bonchev–Trinajstić information content (AvgIpc) is 2.93. The van der Waals surface area contributed by atoms with Crippen LogP contribution in [0.2, 0.25) is 0 Å². The zero-order valence-electron chi connectivity index (χ0n) is 13.5. The van der Waals surface area contributed by atoms with Crippen molar-refractivity contribution in [3.8, 4) is 0 Å². The number of rotatable bonds is 2. The summed E-state index contributed by atoms with van der Waals surface area (Å²) in [6.45, 7) is 5.01. The molecule has 124 valence electrons. The molecule has 7 heteroatoms. The van der Waals surface area contributed by atoms with E-state index in [1.807, 2.05) is 24.8 Å². The normalized spacial score (nSPS) is 28.6. The monoisotopic (exact) mass is 333 g/mol. The van der Waals surface area contributed by atoms with Gasteiger partial charge in [-0.25, -0.2) is 9.97 Å². The van der Waals surface area contributed by atoms with E-state index < -0.39 is 0 Å². The number of nitrogens with one attached hydrogen (secondary N) is 1. The first-order chi connectivity index (χ1) is 11.2. The Morgan fingerprint density at radius 2 is 2.04 bits per heavy atom. The Labute approximate surface area is 141 Å². The van der Waals surface area contributed by atoms with E-state index >= 15 is 0 Å². The van der Waals surface area contributed by atoms with Crippen molar-refractivity contribution in [1.82, 2.24) is 20.2 Å². The summed E-state index contributed by atoms with van der Waals surface area (Å²) < 4.78 is 0. The Morgan fingerprint density at radius 1 is 1.22 bits per heavy atom. The molecular weight excluding hydrogens is 310 g/mol. The Hall–Kier alpha value is -1.34. The molecule has 6 nitrogen and oxygen atoms in total. The first kappa shape index (κ1) is 15.2. The van der Waals surface area contributed by atoms with Gasteiger partial charge in [0, 0.05) is 36.8 Å². The van der Waals surface area contributed by atoms with Crippen molar-refractivity contribution in [2.75, 3.05) is 36.0 Å². The predicted octanol–water partition coefficient (Wildman–Crippen LogP) is 1.32. The molecule has 0 aromatic carbocycles. The van der Waals surface area contributed by atoms with E-state index in [1.165, 1.54) is 19.3 Å². The maximum atomic E-state index is 12.2. The highest BCUT2D eigenvalue weighted by atomic mass is 32.2. The van der Waals surface area contributed by atoms with E-state index in [2.05, 4.69) is 20.1 Å². The molecule has 0 spiro atoms. The molecule has 1 N–H and O–H groups in total. The third-order valence-corrected chi connectivity index (χ3v) is 5.89. The van der Waals surface area contributed by atoms with Gasteiger partial charge in [-0.2, -0.15) is 11.8 Å². The smallest absolute Gasteiger partial charge is 0.239 e. The zero-order valence-corrected chi connectivity index (χ0v) is 14.3. The van der Waals surface area contributed by atoms with Crippen LogP contribution in [0.1, 0.15) is 36.8 Å². The quantitative estimate of drug-likeness (QED) is 0.881. The molecule has 23 heavy (non-hydrogen) atoms. The number of amides is 1. The first-order valence-electron chi connectivity index (χ1n) is 8.47. The number of aryl methyl sites for hydroxylation is 1. The van der Waals surface area contributed by atoms with Crippen LogP contribution in [0.5, 0.6) is 0 Å². The Kier molecular flexibility index (Phi) is 4.15. The number of aromatic nitrogens is 2. The molecule has 1 aromatic heterocycles. The van der Waals surface area contributed by atoms with E-state index in [9.17, 15) is 4.79 Å². The van der Waals surface area contributed by atoms with Crippen LogP contribution in [0.4, 0.5) is 5.95 Å². The molecule has 4 heterocycles. The fourth-order valence-corrected chi connectivity index (χ4v) is 4.73. The van der Waals surface area contributed by atoms with Gasteiger partial charge < -0.3 is 10.2 Å². The molecule has 2 unspecified atom stereocenters. The van der Waals surface area contributed by atoms with Gasteiger partial charge in [0.25, 0.3) is 0 Å². The fourth-order valence-electron chi connectivity index (χ4n) is 3.66. The lowest BCUT2D eigenvalue weighted by atomic mass is 10.1. The van der Waals surface area contributed by atoms with Crippen molar-refractivity contribution in [2.45, 2.75) is 38.4 Å². The third-order valence-electron chi connectivity index (χ3n) is 4.86. The van der Waals surface area contributed by atoms with Crippen molar-refractivity contribution < 1.29 is 4.79 Å². The largest absolute Gasteiger partial charge is 0.341 e. The van der Waals surface area contributed by atoms with Gasteiger partial charge >= 0.3 is 0 Å². The van der Waals surface area contributed by atoms with Crippen LogP contribution in [0.15, 0.2) is 6.07 Å². The van der Waals surface area contributed by atoms with Gasteiger partial charge in [0.1, 0.15) is 12.2 Å². The predicted molar refractivity (Wildman–Crippen MR) is 91.5 cm³/mol. The molecule has 0 aliphatic carbocycles. The number of carbonyl (C=O) groups is 1. The van der Waals surface area contributed by atoms with Crippen LogP contribution >= 0.6 is 11.8 Å². The molecule has 1 aromatic rings. The topological polar surface area (TPSA) is 61.4 Å². The number of fused-ring (bicyclic) bond motifs is 1. The lowest BCUT2D eigenvalue weighted by Crippen LogP contribution is -2.41. The lowest BCUT2D eigenvalue weighted by Gasteiger charge is -2.31. The van der Waals surface area contributed by atoms with Crippen LogP contribution in [-0.2, 0) is 4.79 Å². The van der Waals surface area contributed by atoms with Crippen LogP contribution in [0.25, 0.3) is 0 Å². The highest BCUT2D eigenvalue weighted by molar-refractivity contribution is 7.99. The molecule has 1 amide bonds. The minimum atomic E-state index is -0.0985. The van der Waals surface area contributed by atoms with Gasteiger partial charge in [0.15, 0.2) is 0 Å². The second-order valence-electron chi connectivity index (χ2n) is 6.52. The summed E-state index contributed by atoms with van der Waals surface area (Å²) in [7, 11) is 0. The Morgan fingerprint density at radius 3 is 2.87 bits per heavy atom. The number of hydrogen-bond donors (Lipinski definition) is 1. The van der Waals surface area contributed by atoms with Gasteiger partial charge in [-0.05, 0) is 32.3 Å². The summed E-state index contributed by atoms with van der Waals surface area (Å²) >= 11 is 1.86. The number of piperidine rings is 1. The van der Waals surface area contributed by atoms with E-state index in [1.54, 1.807) is 0 Å². The number of carbonyl (C=O) groups excluding carboxylic acids is 1. The van der Waals surface area contributed by atoms with Gasteiger partial charge in [0.05, 0.1) is 5.69 Å². The second-order valence-corrected chi connectivity index (χ2v) is 7.67. The fraction of sp³-hybridized carbons (Fsp3) is 0.688. The van der Waals surface area contributed by atoms with Crippen LogP contribution in [0, 0.1) is 6.92 Å². The molecule has 3 fully saturated rings. The van der Waals surface area contributed by atoms with Gasteiger partial charge in [-0.1, -0.05) is 0 Å². The summed E-state index contributed by atoms with van der Waals surface area (Å²) in [5, 5.41) is 3.13. The number of hydrogen-bond acceptors (Lipinski definition) is 6. The maximum absolute atomic E-state index is 12.2. The van der Waals surface area contributed by atoms with Crippen LogP contribution < -0.4 is 10.2 Å². The van der Waals surface area contributed by atoms with E-state index in [0.29, 0.717) is 0 Å². The van der Waals surface area contributed by atoms with Crippen LogP contribution in [0.3, 0.4) is 0 Å². The molecule has 2 atom stereocenters. The van der Waals surface area contributed by atoms with E-state index in [-0.39, 0.29) is 18.1 Å². The summed E-state index contributed by atoms with van der Waals surface area (Å²) in [4.78, 5) is 26.2. The second kappa shape index (κ2) is 6.28. The van der Waals surface area contributed by atoms with Crippen LogP contribution in [-0.4, -0.2) is 58.0 Å². The maximum Gasteiger partial charge on any atom is 0.239 e. The molecule has 0 saturated carbocycles. The molecule has 3 aliphatic heterocycles. The summed E-state index contributed by atoms with van der Waals surface area (Å²) in [6, 6.07) is 2.01. The van der Waals surface area contributed by atoms with Crippen molar-refractivity contribution in [1.29, 1.82) is 0 Å². The molecule has 0 radical (unpaired) electrons. The van der Waals surface area contributed by atoms with E-state index in [0.717, 1.165) is 48.5 Å². The Bertz CT molecular complexity index is 604. The highest BCUT2D eigenvalue weighted by Crippen LogP contribution is 2.31.